The molecule has 0 atom stereocenters. The van der Waals surface area contributed by atoms with E-state index in [-0.39, 0.29) is 17.6 Å². The summed E-state index contributed by atoms with van der Waals surface area (Å²) in [7, 11) is 1.42. The lowest BCUT2D eigenvalue weighted by Crippen LogP contribution is -2.45. The molecule has 1 saturated carbocycles. The van der Waals surface area contributed by atoms with Crippen LogP contribution >= 0.6 is 0 Å². The molecule has 3 rings (SSSR count). The molecule has 0 saturated heterocycles. The zero-order chi connectivity index (χ0) is 21.2. The van der Waals surface area contributed by atoms with Gasteiger partial charge in [-0.15, -0.1) is 15.3 Å². The second-order valence-corrected chi connectivity index (χ2v) is 6.01. The number of hydrogen-bond acceptors (Lipinski definition) is 8. The van der Waals surface area contributed by atoms with Crippen LogP contribution in [0, 0.1) is 12.8 Å². The normalized spacial score (nSPS) is 24.0. The van der Waals surface area contributed by atoms with Crippen LogP contribution in [-0.2, 0) is 19.0 Å². The molecule has 9 nitrogen and oxygen atoms in total. The third kappa shape index (κ3) is 5.77. The number of nitrogens with zero attached hydrogens (tertiary/aromatic N) is 4. The zero-order valence-electron chi connectivity index (χ0n) is 18.0. The van der Waals surface area contributed by atoms with Crippen molar-refractivity contribution in [1.29, 1.82) is 0 Å². The van der Waals surface area contributed by atoms with Gasteiger partial charge in [0.15, 0.2) is 0 Å². The van der Waals surface area contributed by atoms with Gasteiger partial charge in [0.1, 0.15) is 5.82 Å². The van der Waals surface area contributed by atoms with Crippen molar-refractivity contribution in [3.05, 3.63) is 17.5 Å². The first-order valence-electron chi connectivity index (χ1n) is 10.1. The van der Waals surface area contributed by atoms with Crippen LogP contribution in [0.25, 0.3) is 0 Å². The van der Waals surface area contributed by atoms with Crippen molar-refractivity contribution in [3.8, 4) is 0 Å². The SMILES string of the molecule is CC.CC.CCC1CCC2(CC1)OC(=O)C(N=Nc1n[nH]c(C)n1)=C(OC)O2. The monoisotopic (exact) mass is 395 g/mol. The van der Waals surface area contributed by atoms with Crippen LogP contribution in [0.1, 0.15) is 72.5 Å². The van der Waals surface area contributed by atoms with Crippen molar-refractivity contribution in [2.75, 3.05) is 7.11 Å². The fraction of sp³-hybridized carbons (Fsp3) is 0.737. The van der Waals surface area contributed by atoms with Crippen molar-refractivity contribution < 1.29 is 19.0 Å². The topological polar surface area (TPSA) is 111 Å². The second-order valence-electron chi connectivity index (χ2n) is 6.01. The molecule has 158 valence electrons. The van der Waals surface area contributed by atoms with Gasteiger partial charge in [0.05, 0.1) is 7.11 Å². The molecule has 1 spiro atoms. The molecule has 28 heavy (non-hydrogen) atoms. The Balaban J connectivity index is 0.000000921. The van der Waals surface area contributed by atoms with Crippen LogP contribution in [0.15, 0.2) is 21.9 Å². The standard InChI is InChI=1S/C15H21N5O4.2C2H6/c1-4-10-5-7-15(8-6-10)23-12(21)11(13(22-3)24-15)18-20-14-16-9(2)17-19-14;2*1-2/h10H,4-8H2,1-3H3,(H,16,17,19);2*1-2H3. The number of carbonyl (C=O) groups excluding carboxylic acids is 1. The van der Waals surface area contributed by atoms with Crippen LogP contribution in [0.3, 0.4) is 0 Å². The van der Waals surface area contributed by atoms with Crippen molar-refractivity contribution in [1.82, 2.24) is 15.2 Å². The molecule has 1 aromatic heterocycles. The van der Waals surface area contributed by atoms with Gasteiger partial charge in [0, 0.05) is 12.8 Å². The molecule has 9 heteroatoms. The molecule has 2 aliphatic rings. The van der Waals surface area contributed by atoms with Gasteiger partial charge < -0.3 is 14.2 Å². The van der Waals surface area contributed by atoms with Crippen LogP contribution in [0.2, 0.25) is 0 Å². The Labute approximate surface area is 167 Å². The highest BCUT2D eigenvalue weighted by Crippen LogP contribution is 2.42. The summed E-state index contributed by atoms with van der Waals surface area (Å²) in [6.45, 7) is 11.9. The average Bonchev–Trinajstić information content (AvgIpc) is 3.15. The minimum atomic E-state index is -0.950. The molecule has 1 aromatic rings. The molecule has 0 radical (unpaired) electrons. The Morgan fingerprint density at radius 2 is 1.82 bits per heavy atom. The molecular formula is C19H33N5O4. The van der Waals surface area contributed by atoms with E-state index in [4.69, 9.17) is 14.2 Å². The Morgan fingerprint density at radius 3 is 2.32 bits per heavy atom. The lowest BCUT2D eigenvalue weighted by atomic mass is 9.83. The van der Waals surface area contributed by atoms with Crippen molar-refractivity contribution in [2.24, 2.45) is 16.1 Å². The van der Waals surface area contributed by atoms with Crippen LogP contribution in [0.5, 0.6) is 0 Å². The van der Waals surface area contributed by atoms with Gasteiger partial charge in [-0.1, -0.05) is 41.0 Å². The highest BCUT2D eigenvalue weighted by molar-refractivity contribution is 5.89. The van der Waals surface area contributed by atoms with Gasteiger partial charge in [-0.05, 0) is 25.7 Å². The quantitative estimate of drug-likeness (QED) is 0.571. The van der Waals surface area contributed by atoms with Crippen molar-refractivity contribution in [3.63, 3.8) is 0 Å². The predicted molar refractivity (Wildman–Crippen MR) is 105 cm³/mol. The summed E-state index contributed by atoms with van der Waals surface area (Å²) in [4.78, 5) is 16.4. The van der Waals surface area contributed by atoms with Crippen molar-refractivity contribution >= 4 is 11.9 Å². The van der Waals surface area contributed by atoms with Gasteiger partial charge >= 0.3 is 11.9 Å². The number of carbonyl (C=O) groups is 1. The Bertz CT molecular complexity index is 676. The number of hydrogen-bond donors (Lipinski definition) is 1. The maximum Gasteiger partial charge on any atom is 0.369 e. The largest absolute Gasteiger partial charge is 0.467 e. The van der Waals surface area contributed by atoms with E-state index in [1.807, 2.05) is 27.7 Å². The first kappa shape index (κ1) is 23.6. The van der Waals surface area contributed by atoms with Crippen LogP contribution in [-0.4, -0.2) is 34.0 Å². The van der Waals surface area contributed by atoms with Crippen LogP contribution in [0.4, 0.5) is 5.95 Å². The Kier molecular flexibility index (Phi) is 9.61. The first-order valence-corrected chi connectivity index (χ1v) is 10.1. The summed E-state index contributed by atoms with van der Waals surface area (Å²) < 4.78 is 16.6. The lowest BCUT2D eigenvalue weighted by Gasteiger charge is -2.41. The zero-order valence-corrected chi connectivity index (χ0v) is 18.0. The molecule has 1 aliphatic carbocycles. The van der Waals surface area contributed by atoms with E-state index in [1.165, 1.54) is 7.11 Å². The van der Waals surface area contributed by atoms with Gasteiger partial charge in [-0.2, -0.15) is 4.98 Å². The van der Waals surface area contributed by atoms with E-state index in [0.29, 0.717) is 24.6 Å². The fourth-order valence-electron chi connectivity index (χ4n) is 2.96. The lowest BCUT2D eigenvalue weighted by molar-refractivity contribution is -0.255. The van der Waals surface area contributed by atoms with Crippen LogP contribution < -0.4 is 0 Å². The molecule has 1 fully saturated rings. The number of H-pyrrole nitrogens is 1. The summed E-state index contributed by atoms with van der Waals surface area (Å²) >= 11 is 0. The predicted octanol–water partition coefficient (Wildman–Crippen LogP) is 4.93. The molecule has 2 heterocycles. The van der Waals surface area contributed by atoms with Gasteiger partial charge in [0.25, 0.3) is 17.4 Å². The average molecular weight is 396 g/mol. The number of esters is 1. The molecule has 0 aromatic carbocycles. The molecule has 0 bridgehead atoms. The van der Waals surface area contributed by atoms with E-state index in [0.717, 1.165) is 19.3 Å². The number of aromatic amines is 1. The van der Waals surface area contributed by atoms with E-state index in [1.54, 1.807) is 6.92 Å². The molecular weight excluding hydrogens is 362 g/mol. The number of nitrogens with one attached hydrogen (secondary N) is 1. The maximum absolute atomic E-state index is 12.4. The number of rotatable bonds is 4. The minimum absolute atomic E-state index is 0.0252. The smallest absolute Gasteiger partial charge is 0.369 e. The summed E-state index contributed by atoms with van der Waals surface area (Å²) in [5.74, 6) is -0.177. The summed E-state index contributed by atoms with van der Waals surface area (Å²) in [6, 6.07) is 0. The van der Waals surface area contributed by atoms with E-state index < -0.39 is 11.8 Å². The highest BCUT2D eigenvalue weighted by Gasteiger charge is 2.47. The summed E-state index contributed by atoms with van der Waals surface area (Å²) in [5.41, 5.74) is -0.122. The molecule has 1 N–H and O–H groups in total. The van der Waals surface area contributed by atoms with Gasteiger partial charge in [0.2, 0.25) is 0 Å². The Morgan fingerprint density at radius 1 is 1.18 bits per heavy atom. The van der Waals surface area contributed by atoms with E-state index >= 15 is 0 Å². The third-order valence-electron chi connectivity index (χ3n) is 4.40. The number of aryl methyl sites for hydroxylation is 1. The third-order valence-corrected chi connectivity index (χ3v) is 4.40. The van der Waals surface area contributed by atoms with E-state index in [2.05, 4.69) is 32.3 Å². The van der Waals surface area contributed by atoms with Gasteiger partial charge in [-0.25, -0.2) is 4.79 Å². The first-order chi connectivity index (χ1) is 13.5. The van der Waals surface area contributed by atoms with E-state index in [9.17, 15) is 4.79 Å². The minimum Gasteiger partial charge on any atom is -0.467 e. The number of methoxy groups -OCH3 is 1. The van der Waals surface area contributed by atoms with Gasteiger partial charge in [-0.3, -0.25) is 5.10 Å². The second kappa shape index (κ2) is 11.4. The molecule has 0 unspecified atom stereocenters. The number of ether oxygens (including phenoxy) is 3. The highest BCUT2D eigenvalue weighted by atomic mass is 16.8. The number of aromatic nitrogens is 3. The number of azo groups is 1. The molecule has 0 amide bonds. The fourth-order valence-corrected chi connectivity index (χ4v) is 2.96. The van der Waals surface area contributed by atoms with Crippen molar-refractivity contribution in [2.45, 2.75) is 79.4 Å². The summed E-state index contributed by atoms with van der Waals surface area (Å²) in [6.07, 6.45) is 4.32. The maximum atomic E-state index is 12.4. The summed E-state index contributed by atoms with van der Waals surface area (Å²) in [5, 5.41) is 14.1. The Hall–Kier alpha value is -2.45. The molecule has 1 aliphatic heterocycles.